The van der Waals surface area contributed by atoms with Gasteiger partial charge in [-0.2, -0.15) is 0 Å². The van der Waals surface area contributed by atoms with Crippen LogP contribution in [0.4, 0.5) is 0 Å². The lowest BCUT2D eigenvalue weighted by Gasteiger charge is -2.29. The highest BCUT2D eigenvalue weighted by Gasteiger charge is 2.30. The molecule has 2 atom stereocenters. The summed E-state index contributed by atoms with van der Waals surface area (Å²) in [5, 5.41) is 3.24. The summed E-state index contributed by atoms with van der Waals surface area (Å²) in [6.07, 6.45) is 6.70. The maximum Gasteiger partial charge on any atom is 0.115 e. The van der Waals surface area contributed by atoms with Gasteiger partial charge in [-0.15, -0.1) is 0 Å². The van der Waals surface area contributed by atoms with E-state index in [0.717, 1.165) is 44.8 Å². The van der Waals surface area contributed by atoms with Crippen molar-refractivity contribution in [2.75, 3.05) is 33.3 Å². The molecule has 0 bridgehead atoms. The molecule has 28 heavy (non-hydrogen) atoms. The van der Waals surface area contributed by atoms with E-state index in [-0.39, 0.29) is 5.41 Å². The van der Waals surface area contributed by atoms with E-state index in [4.69, 9.17) is 4.74 Å². The van der Waals surface area contributed by atoms with Gasteiger partial charge in [0, 0.05) is 32.1 Å². The Morgan fingerprint density at radius 3 is 2.75 bits per heavy atom. The van der Waals surface area contributed by atoms with Crippen LogP contribution in [0.3, 0.4) is 0 Å². The van der Waals surface area contributed by atoms with Crippen molar-refractivity contribution in [1.29, 1.82) is 0 Å². The Kier molecular flexibility index (Phi) is 7.00. The third-order valence-corrected chi connectivity index (χ3v) is 6.64. The van der Waals surface area contributed by atoms with Gasteiger partial charge in [-0.1, -0.05) is 50.6 Å². The smallest absolute Gasteiger partial charge is 0.115 e. The lowest BCUT2D eigenvalue weighted by Crippen LogP contribution is -2.24. The normalized spacial score (nSPS) is 24.8. The molecule has 0 aromatic heterocycles. The standard InChI is InChI=1S/C25H38N2O/c1-19-16-27(12-10-21-7-6-8-22(14-21)15-26-5)17-23(19)18-28-24-9-11-25(3,4)20(2)13-24/h6-9,13-14,19,23,26H,10-12,15-18H2,1-5H3/t19-,23+/m1/s1. The lowest BCUT2D eigenvalue weighted by molar-refractivity contribution is 0.156. The van der Waals surface area contributed by atoms with Crippen molar-refractivity contribution in [3.63, 3.8) is 0 Å². The Bertz CT molecular complexity index is 719. The Morgan fingerprint density at radius 1 is 1.21 bits per heavy atom. The maximum absolute atomic E-state index is 6.21. The third-order valence-electron chi connectivity index (χ3n) is 6.64. The number of nitrogens with zero attached hydrogens (tertiary/aromatic N) is 1. The van der Waals surface area contributed by atoms with Crippen molar-refractivity contribution < 1.29 is 4.74 Å². The third kappa shape index (κ3) is 5.48. The summed E-state index contributed by atoms with van der Waals surface area (Å²) in [7, 11) is 2.00. The molecule has 0 unspecified atom stereocenters. The van der Waals surface area contributed by atoms with E-state index in [1.807, 2.05) is 7.05 Å². The fourth-order valence-corrected chi connectivity index (χ4v) is 4.22. The van der Waals surface area contributed by atoms with Gasteiger partial charge in [-0.25, -0.2) is 0 Å². The SMILES string of the molecule is CNCc1cccc(CCN2C[C@@H](COC3=CCC(C)(C)C(C)=C3)[C@H](C)C2)c1. The largest absolute Gasteiger partial charge is 0.494 e. The highest BCUT2D eigenvalue weighted by Crippen LogP contribution is 2.35. The number of allylic oxidation sites excluding steroid dienone is 3. The number of rotatable bonds is 8. The molecule has 1 aliphatic carbocycles. The predicted molar refractivity (Wildman–Crippen MR) is 118 cm³/mol. The van der Waals surface area contributed by atoms with Crippen LogP contribution < -0.4 is 5.32 Å². The van der Waals surface area contributed by atoms with Gasteiger partial charge >= 0.3 is 0 Å². The Labute approximate surface area is 171 Å². The quantitative estimate of drug-likeness (QED) is 0.699. The molecule has 154 valence electrons. The number of likely N-dealkylation sites (tertiary alicyclic amines) is 1. The molecule has 3 rings (SSSR count). The van der Waals surface area contributed by atoms with Crippen LogP contribution in [0.1, 0.15) is 45.2 Å². The van der Waals surface area contributed by atoms with E-state index >= 15 is 0 Å². The van der Waals surface area contributed by atoms with Gasteiger partial charge in [0.2, 0.25) is 0 Å². The van der Waals surface area contributed by atoms with E-state index in [0.29, 0.717) is 11.8 Å². The molecule has 1 N–H and O–H groups in total. The summed E-state index contributed by atoms with van der Waals surface area (Å²) in [6, 6.07) is 8.97. The van der Waals surface area contributed by atoms with Gasteiger partial charge in [0.1, 0.15) is 5.76 Å². The second-order valence-corrected chi connectivity index (χ2v) is 9.43. The highest BCUT2D eigenvalue weighted by atomic mass is 16.5. The van der Waals surface area contributed by atoms with Gasteiger partial charge in [0.25, 0.3) is 0 Å². The summed E-state index contributed by atoms with van der Waals surface area (Å²) in [6.45, 7) is 14.5. The van der Waals surface area contributed by atoms with E-state index < -0.39 is 0 Å². The lowest BCUT2D eigenvalue weighted by atomic mass is 9.79. The fourth-order valence-electron chi connectivity index (χ4n) is 4.22. The molecule has 1 aromatic rings. The minimum atomic E-state index is 0.273. The first-order chi connectivity index (χ1) is 13.4. The van der Waals surface area contributed by atoms with Crippen LogP contribution in [0.15, 0.2) is 47.7 Å². The molecule has 1 heterocycles. The zero-order chi connectivity index (χ0) is 20.1. The van der Waals surface area contributed by atoms with Crippen LogP contribution in [0.2, 0.25) is 0 Å². The topological polar surface area (TPSA) is 24.5 Å². The molecular formula is C25H38N2O. The van der Waals surface area contributed by atoms with Crippen LogP contribution >= 0.6 is 0 Å². The molecule has 3 heteroatoms. The zero-order valence-electron chi connectivity index (χ0n) is 18.4. The molecule has 1 fully saturated rings. The fraction of sp³-hybridized carbons (Fsp3) is 0.600. The van der Waals surface area contributed by atoms with Crippen LogP contribution in [0.25, 0.3) is 0 Å². The number of ether oxygens (including phenoxy) is 1. The second-order valence-electron chi connectivity index (χ2n) is 9.43. The minimum absolute atomic E-state index is 0.273. The van der Waals surface area contributed by atoms with Gasteiger partial charge in [0.05, 0.1) is 6.61 Å². The molecule has 0 spiro atoms. The van der Waals surface area contributed by atoms with Crippen LogP contribution in [-0.2, 0) is 17.7 Å². The Morgan fingerprint density at radius 2 is 2.00 bits per heavy atom. The first-order valence-electron chi connectivity index (χ1n) is 10.8. The van der Waals surface area contributed by atoms with E-state index in [1.165, 1.54) is 23.2 Å². The zero-order valence-corrected chi connectivity index (χ0v) is 18.4. The predicted octanol–water partition coefficient (Wildman–Crippen LogP) is 4.79. The molecule has 2 aliphatic rings. The van der Waals surface area contributed by atoms with Crippen LogP contribution in [0.5, 0.6) is 0 Å². The first kappa shape index (κ1) is 21.1. The number of hydrogen-bond acceptors (Lipinski definition) is 3. The minimum Gasteiger partial charge on any atom is -0.494 e. The molecule has 0 radical (unpaired) electrons. The van der Waals surface area contributed by atoms with Gasteiger partial charge in [-0.05, 0) is 61.4 Å². The summed E-state index contributed by atoms with van der Waals surface area (Å²) >= 11 is 0. The maximum atomic E-state index is 6.21. The molecule has 3 nitrogen and oxygen atoms in total. The van der Waals surface area contributed by atoms with Crippen molar-refractivity contribution >= 4 is 0 Å². The molecule has 1 aliphatic heterocycles. The summed E-state index contributed by atoms with van der Waals surface area (Å²) < 4.78 is 6.21. The van der Waals surface area contributed by atoms with Crippen molar-refractivity contribution in [3.8, 4) is 0 Å². The molecule has 1 saturated heterocycles. The monoisotopic (exact) mass is 382 g/mol. The summed E-state index contributed by atoms with van der Waals surface area (Å²) in [5.41, 5.74) is 4.50. The highest BCUT2D eigenvalue weighted by molar-refractivity contribution is 5.27. The number of nitrogens with one attached hydrogen (secondary N) is 1. The van der Waals surface area contributed by atoms with Gasteiger partial charge in [-0.3, -0.25) is 0 Å². The average Bonchev–Trinajstić information content (AvgIpc) is 3.01. The van der Waals surface area contributed by atoms with E-state index in [9.17, 15) is 0 Å². The van der Waals surface area contributed by atoms with Gasteiger partial charge in [0.15, 0.2) is 0 Å². The van der Waals surface area contributed by atoms with Crippen LogP contribution in [-0.4, -0.2) is 38.2 Å². The molecule has 0 saturated carbocycles. The Balaban J connectivity index is 1.46. The summed E-state index contributed by atoms with van der Waals surface area (Å²) in [5.74, 6) is 2.39. The number of hydrogen-bond donors (Lipinski definition) is 1. The molecule has 1 aromatic carbocycles. The molecular weight excluding hydrogens is 344 g/mol. The second kappa shape index (κ2) is 9.28. The Hall–Kier alpha value is -1.58. The van der Waals surface area contributed by atoms with Gasteiger partial charge < -0.3 is 15.0 Å². The van der Waals surface area contributed by atoms with Crippen LogP contribution in [0, 0.1) is 17.3 Å². The average molecular weight is 383 g/mol. The summed E-state index contributed by atoms with van der Waals surface area (Å²) in [4.78, 5) is 2.61. The van der Waals surface area contributed by atoms with Crippen molar-refractivity contribution in [3.05, 3.63) is 58.9 Å². The van der Waals surface area contributed by atoms with E-state index in [2.05, 4.69) is 74.3 Å². The van der Waals surface area contributed by atoms with E-state index in [1.54, 1.807) is 0 Å². The van der Waals surface area contributed by atoms with Crippen molar-refractivity contribution in [1.82, 2.24) is 10.2 Å². The van der Waals surface area contributed by atoms with Crippen molar-refractivity contribution in [2.45, 2.75) is 47.1 Å². The molecule has 0 amide bonds. The van der Waals surface area contributed by atoms with Crippen molar-refractivity contribution in [2.24, 2.45) is 17.3 Å². The first-order valence-corrected chi connectivity index (χ1v) is 10.8. The number of benzene rings is 1.